The Morgan fingerprint density at radius 2 is 2.19 bits per heavy atom. The van der Waals surface area contributed by atoms with Gasteiger partial charge in [-0.05, 0) is 56.0 Å². The number of hydrogen-bond acceptors (Lipinski definition) is 2. The minimum atomic E-state index is 0.713. The maximum absolute atomic E-state index is 5.72. The zero-order valence-electron chi connectivity index (χ0n) is 10.4. The minimum absolute atomic E-state index is 0.713. The predicted molar refractivity (Wildman–Crippen MR) is 68.4 cm³/mol. The quantitative estimate of drug-likeness (QED) is 0.841. The van der Waals surface area contributed by atoms with E-state index in [0.29, 0.717) is 5.92 Å². The summed E-state index contributed by atoms with van der Waals surface area (Å²) in [7, 11) is 0. The first-order valence-electron chi connectivity index (χ1n) is 6.18. The summed E-state index contributed by atoms with van der Waals surface area (Å²) in [5.74, 6) is 0.713. The van der Waals surface area contributed by atoms with Crippen molar-refractivity contribution in [3.63, 3.8) is 0 Å². The van der Waals surface area contributed by atoms with Gasteiger partial charge in [-0.2, -0.15) is 0 Å². The molecule has 1 fully saturated rings. The summed E-state index contributed by atoms with van der Waals surface area (Å²) in [4.78, 5) is 2.53. The Bertz CT molecular complexity index is 360. The highest BCUT2D eigenvalue weighted by molar-refractivity contribution is 5.33. The zero-order chi connectivity index (χ0) is 11.5. The van der Waals surface area contributed by atoms with Crippen molar-refractivity contribution in [2.75, 3.05) is 19.6 Å². The zero-order valence-corrected chi connectivity index (χ0v) is 10.4. The van der Waals surface area contributed by atoms with Gasteiger partial charge in [-0.1, -0.05) is 18.2 Å². The lowest BCUT2D eigenvalue weighted by atomic mass is 10.0. The van der Waals surface area contributed by atoms with Crippen molar-refractivity contribution < 1.29 is 0 Å². The van der Waals surface area contributed by atoms with Crippen molar-refractivity contribution in [2.45, 2.75) is 26.8 Å². The molecule has 1 aliphatic rings. The number of benzene rings is 1. The number of nitrogens with two attached hydrogens (primary N) is 1. The van der Waals surface area contributed by atoms with Crippen LogP contribution in [0, 0.1) is 19.8 Å². The van der Waals surface area contributed by atoms with Crippen LogP contribution in [0.3, 0.4) is 0 Å². The predicted octanol–water partition coefficient (Wildman–Crippen LogP) is 2.08. The normalized spacial score (nSPS) is 21.6. The molecule has 2 N–H and O–H groups in total. The van der Waals surface area contributed by atoms with Crippen LogP contribution in [0.25, 0.3) is 0 Å². The van der Waals surface area contributed by atoms with Crippen molar-refractivity contribution in [2.24, 2.45) is 11.7 Å². The molecule has 1 aliphatic heterocycles. The molecule has 1 atom stereocenters. The van der Waals surface area contributed by atoms with E-state index in [-0.39, 0.29) is 0 Å². The molecule has 2 nitrogen and oxygen atoms in total. The second-order valence-electron chi connectivity index (χ2n) is 4.98. The molecule has 88 valence electrons. The number of nitrogens with zero attached hydrogens (tertiary/aromatic N) is 1. The van der Waals surface area contributed by atoms with Crippen LogP contribution in [0.1, 0.15) is 23.1 Å². The molecular weight excluding hydrogens is 196 g/mol. The molecule has 0 aromatic heterocycles. The Morgan fingerprint density at radius 1 is 1.38 bits per heavy atom. The largest absolute Gasteiger partial charge is 0.330 e. The molecule has 0 spiro atoms. The van der Waals surface area contributed by atoms with E-state index in [1.54, 1.807) is 0 Å². The molecule has 0 radical (unpaired) electrons. The van der Waals surface area contributed by atoms with Crippen LogP contribution in [-0.4, -0.2) is 24.5 Å². The Hall–Kier alpha value is -0.860. The van der Waals surface area contributed by atoms with Gasteiger partial charge in [-0.25, -0.2) is 0 Å². The second-order valence-corrected chi connectivity index (χ2v) is 4.98. The molecule has 0 bridgehead atoms. The lowest BCUT2D eigenvalue weighted by Gasteiger charge is -2.18. The first-order chi connectivity index (χ1) is 7.70. The van der Waals surface area contributed by atoms with E-state index in [0.717, 1.165) is 13.1 Å². The lowest BCUT2D eigenvalue weighted by molar-refractivity contribution is 0.317. The van der Waals surface area contributed by atoms with E-state index in [1.165, 1.54) is 36.2 Å². The van der Waals surface area contributed by atoms with Crippen LogP contribution in [0.15, 0.2) is 18.2 Å². The molecule has 2 rings (SSSR count). The van der Waals surface area contributed by atoms with Crippen LogP contribution in [0.5, 0.6) is 0 Å². The van der Waals surface area contributed by atoms with E-state index < -0.39 is 0 Å². The summed E-state index contributed by atoms with van der Waals surface area (Å²) < 4.78 is 0. The average Bonchev–Trinajstić information content (AvgIpc) is 2.73. The highest BCUT2D eigenvalue weighted by Crippen LogP contribution is 2.20. The lowest BCUT2D eigenvalue weighted by Crippen LogP contribution is -2.23. The number of aryl methyl sites for hydroxylation is 1. The van der Waals surface area contributed by atoms with E-state index in [2.05, 4.69) is 36.9 Å². The highest BCUT2D eigenvalue weighted by atomic mass is 15.1. The van der Waals surface area contributed by atoms with Gasteiger partial charge in [0.2, 0.25) is 0 Å². The molecule has 16 heavy (non-hydrogen) atoms. The Balaban J connectivity index is 2.02. The van der Waals surface area contributed by atoms with Gasteiger partial charge in [0.25, 0.3) is 0 Å². The van der Waals surface area contributed by atoms with E-state index >= 15 is 0 Å². The molecule has 0 saturated carbocycles. The monoisotopic (exact) mass is 218 g/mol. The second kappa shape index (κ2) is 4.98. The fourth-order valence-corrected chi connectivity index (χ4v) is 2.47. The summed E-state index contributed by atoms with van der Waals surface area (Å²) in [5.41, 5.74) is 10.0. The van der Waals surface area contributed by atoms with Crippen molar-refractivity contribution in [3.05, 3.63) is 34.9 Å². The van der Waals surface area contributed by atoms with Crippen LogP contribution in [0.2, 0.25) is 0 Å². The van der Waals surface area contributed by atoms with Gasteiger partial charge in [0.15, 0.2) is 0 Å². The standard InChI is InChI=1S/C14H22N2/c1-11-4-3-5-14(12(11)2)10-16-7-6-13(8-15)9-16/h3-5,13H,6-10,15H2,1-2H3. The third-order valence-electron chi connectivity index (χ3n) is 3.81. The average molecular weight is 218 g/mol. The maximum atomic E-state index is 5.72. The topological polar surface area (TPSA) is 29.3 Å². The van der Waals surface area contributed by atoms with E-state index in [9.17, 15) is 0 Å². The van der Waals surface area contributed by atoms with E-state index in [4.69, 9.17) is 5.73 Å². The maximum Gasteiger partial charge on any atom is 0.0236 e. The first kappa shape index (κ1) is 11.6. The summed E-state index contributed by atoms with van der Waals surface area (Å²) in [6.45, 7) is 8.71. The number of rotatable bonds is 3. The third kappa shape index (κ3) is 2.45. The highest BCUT2D eigenvalue weighted by Gasteiger charge is 2.21. The fourth-order valence-electron chi connectivity index (χ4n) is 2.47. The van der Waals surface area contributed by atoms with Gasteiger partial charge in [-0.15, -0.1) is 0 Å². The van der Waals surface area contributed by atoms with Crippen molar-refractivity contribution in [1.82, 2.24) is 4.90 Å². The fraction of sp³-hybridized carbons (Fsp3) is 0.571. The molecule has 1 heterocycles. The SMILES string of the molecule is Cc1cccc(CN2CCC(CN)C2)c1C. The van der Waals surface area contributed by atoms with Gasteiger partial charge < -0.3 is 5.73 Å². The van der Waals surface area contributed by atoms with Crippen LogP contribution in [-0.2, 0) is 6.54 Å². The van der Waals surface area contributed by atoms with Gasteiger partial charge in [0.05, 0.1) is 0 Å². The number of likely N-dealkylation sites (tertiary alicyclic amines) is 1. The summed E-state index contributed by atoms with van der Waals surface area (Å²) in [6.07, 6.45) is 1.27. The molecule has 1 saturated heterocycles. The summed E-state index contributed by atoms with van der Waals surface area (Å²) in [5, 5.41) is 0. The Labute approximate surface area is 98.4 Å². The first-order valence-corrected chi connectivity index (χ1v) is 6.18. The van der Waals surface area contributed by atoms with Gasteiger partial charge in [-0.3, -0.25) is 4.90 Å². The van der Waals surface area contributed by atoms with Crippen molar-refractivity contribution in [3.8, 4) is 0 Å². The summed E-state index contributed by atoms with van der Waals surface area (Å²) >= 11 is 0. The minimum Gasteiger partial charge on any atom is -0.330 e. The smallest absolute Gasteiger partial charge is 0.0236 e. The van der Waals surface area contributed by atoms with E-state index in [1.807, 2.05) is 0 Å². The molecule has 1 aromatic carbocycles. The number of hydrogen-bond donors (Lipinski definition) is 1. The molecule has 1 unspecified atom stereocenters. The van der Waals surface area contributed by atoms with Crippen molar-refractivity contribution >= 4 is 0 Å². The third-order valence-corrected chi connectivity index (χ3v) is 3.81. The van der Waals surface area contributed by atoms with Crippen LogP contribution >= 0.6 is 0 Å². The van der Waals surface area contributed by atoms with Gasteiger partial charge in [0.1, 0.15) is 0 Å². The van der Waals surface area contributed by atoms with Crippen molar-refractivity contribution in [1.29, 1.82) is 0 Å². The molecule has 1 aromatic rings. The van der Waals surface area contributed by atoms with Crippen LogP contribution in [0.4, 0.5) is 0 Å². The summed E-state index contributed by atoms with van der Waals surface area (Å²) in [6, 6.07) is 6.60. The Morgan fingerprint density at radius 3 is 2.88 bits per heavy atom. The molecular formula is C14H22N2. The molecule has 2 heteroatoms. The van der Waals surface area contributed by atoms with Gasteiger partial charge in [0, 0.05) is 13.1 Å². The Kier molecular flexibility index (Phi) is 3.62. The van der Waals surface area contributed by atoms with Gasteiger partial charge >= 0.3 is 0 Å². The molecule has 0 amide bonds. The molecule has 0 aliphatic carbocycles. The van der Waals surface area contributed by atoms with Crippen LogP contribution < -0.4 is 5.73 Å².